The first-order valence-corrected chi connectivity index (χ1v) is 10.9. The van der Waals surface area contributed by atoms with Gasteiger partial charge in [-0.25, -0.2) is 14.0 Å². The average molecular weight is 420 g/mol. The Morgan fingerprint density at radius 1 is 1.03 bits per heavy atom. The summed E-state index contributed by atoms with van der Waals surface area (Å²) < 4.78 is 27.6. The molecule has 0 fully saturated rings. The largest absolute Gasteiger partial charge is 0.497 e. The van der Waals surface area contributed by atoms with Gasteiger partial charge in [0, 0.05) is 18.0 Å². The molecule has 0 aliphatic rings. The van der Waals surface area contributed by atoms with Crippen LogP contribution in [0.5, 0.6) is 5.75 Å². The zero-order valence-electron chi connectivity index (χ0n) is 16.8. The third-order valence-corrected chi connectivity index (χ3v) is 5.83. The molecule has 0 N–H and O–H groups in total. The van der Waals surface area contributed by atoms with E-state index >= 15 is 0 Å². The first-order valence-electron chi connectivity index (χ1n) is 8.94. The van der Waals surface area contributed by atoms with Crippen LogP contribution in [0.25, 0.3) is 0 Å². The molecule has 0 radical (unpaired) electrons. The summed E-state index contributed by atoms with van der Waals surface area (Å²) in [5, 5.41) is 0. The Labute approximate surface area is 176 Å². The van der Waals surface area contributed by atoms with Crippen LogP contribution in [0.2, 0.25) is 0 Å². The number of hydrogen-bond acceptors (Lipinski definition) is 6. The molecule has 3 aromatic rings. The minimum Gasteiger partial charge on any atom is -0.497 e. The van der Waals surface area contributed by atoms with Crippen LogP contribution in [-0.4, -0.2) is 35.6 Å². The zero-order chi connectivity index (χ0) is 21.6. The van der Waals surface area contributed by atoms with E-state index in [0.29, 0.717) is 27.5 Å². The predicted octanol–water partition coefficient (Wildman–Crippen LogP) is 4.07. The highest BCUT2D eigenvalue weighted by Gasteiger charge is 2.09. The second kappa shape index (κ2) is 9.25. The van der Waals surface area contributed by atoms with Gasteiger partial charge in [-0.1, -0.05) is 30.0 Å². The molecule has 7 heteroatoms. The quantitative estimate of drug-likeness (QED) is 0.470. The number of esters is 1. The van der Waals surface area contributed by atoms with E-state index in [1.165, 1.54) is 13.3 Å². The van der Waals surface area contributed by atoms with E-state index in [9.17, 15) is 9.00 Å². The van der Waals surface area contributed by atoms with Crippen molar-refractivity contribution in [2.45, 2.75) is 4.90 Å². The molecule has 0 spiro atoms. The average Bonchev–Trinajstić information content (AvgIpc) is 2.78. The Morgan fingerprint density at radius 3 is 2.53 bits per heavy atom. The molecule has 1 heterocycles. The molecule has 0 aliphatic carbocycles. The maximum Gasteiger partial charge on any atom is 0.356 e. The predicted molar refractivity (Wildman–Crippen MR) is 115 cm³/mol. The molecule has 2 aromatic carbocycles. The summed E-state index contributed by atoms with van der Waals surface area (Å²) in [6.07, 6.45) is 3.08. The topological polar surface area (TPSA) is 77.8 Å². The maximum atomic E-state index is 13.3. The number of ether oxygens (including phenoxy) is 2. The lowest BCUT2D eigenvalue weighted by Gasteiger charge is -2.07. The first kappa shape index (κ1) is 21.1. The van der Waals surface area contributed by atoms with Crippen molar-refractivity contribution in [3.05, 3.63) is 83.7 Å². The molecule has 0 saturated heterocycles. The molecule has 152 valence electrons. The van der Waals surface area contributed by atoms with Gasteiger partial charge < -0.3 is 9.47 Å². The van der Waals surface area contributed by atoms with Crippen LogP contribution in [0.1, 0.15) is 21.6 Å². The van der Waals surface area contributed by atoms with Crippen molar-refractivity contribution < 1.29 is 18.5 Å². The van der Waals surface area contributed by atoms with Crippen LogP contribution in [0.3, 0.4) is 0 Å². The number of aromatic nitrogens is 1. The number of nitrogens with zero attached hydrogens (tertiary/aromatic N) is 2. The van der Waals surface area contributed by atoms with E-state index in [4.69, 9.17) is 4.74 Å². The van der Waals surface area contributed by atoms with E-state index in [1.54, 1.807) is 55.8 Å². The van der Waals surface area contributed by atoms with Gasteiger partial charge in [-0.2, -0.15) is 4.36 Å². The van der Waals surface area contributed by atoms with Crippen LogP contribution in [0, 0.1) is 11.8 Å². The molecular formula is C23H20N2O4S. The van der Waals surface area contributed by atoms with Gasteiger partial charge >= 0.3 is 5.97 Å². The van der Waals surface area contributed by atoms with Gasteiger partial charge in [0.2, 0.25) is 0 Å². The SMILES string of the molecule is COC(=O)c1ccc(C#Cc2ccccc2N=S(C)(=O)c2cccc(OC)c2)cn1. The third kappa shape index (κ3) is 5.04. The van der Waals surface area contributed by atoms with Gasteiger partial charge in [-0.3, -0.25) is 0 Å². The Balaban J connectivity index is 1.95. The van der Waals surface area contributed by atoms with Crippen LogP contribution < -0.4 is 4.74 Å². The van der Waals surface area contributed by atoms with Crippen molar-refractivity contribution in [1.29, 1.82) is 0 Å². The molecule has 30 heavy (non-hydrogen) atoms. The molecule has 1 unspecified atom stereocenters. The molecule has 6 nitrogen and oxygen atoms in total. The van der Waals surface area contributed by atoms with E-state index in [-0.39, 0.29) is 5.69 Å². The number of pyridine rings is 1. The highest BCUT2D eigenvalue weighted by molar-refractivity contribution is 7.93. The highest BCUT2D eigenvalue weighted by Crippen LogP contribution is 2.25. The summed E-state index contributed by atoms with van der Waals surface area (Å²) in [7, 11) is 0.156. The number of methoxy groups -OCH3 is 2. The van der Waals surface area contributed by atoms with Crippen molar-refractivity contribution in [1.82, 2.24) is 4.98 Å². The van der Waals surface area contributed by atoms with Crippen molar-refractivity contribution in [3.8, 4) is 17.6 Å². The number of benzene rings is 2. The summed E-state index contributed by atoms with van der Waals surface area (Å²) in [6.45, 7) is 0. The second-order valence-corrected chi connectivity index (χ2v) is 8.52. The maximum absolute atomic E-state index is 13.3. The van der Waals surface area contributed by atoms with Gasteiger partial charge in [-0.15, -0.1) is 0 Å². The van der Waals surface area contributed by atoms with E-state index in [2.05, 4.69) is 25.9 Å². The number of hydrogen-bond donors (Lipinski definition) is 0. The Morgan fingerprint density at radius 2 is 1.83 bits per heavy atom. The Hall–Kier alpha value is -3.63. The molecule has 0 bridgehead atoms. The van der Waals surface area contributed by atoms with Gasteiger partial charge in [0.25, 0.3) is 0 Å². The fourth-order valence-electron chi connectivity index (χ4n) is 2.57. The summed E-state index contributed by atoms with van der Waals surface area (Å²) >= 11 is 0. The van der Waals surface area contributed by atoms with Crippen LogP contribution >= 0.6 is 0 Å². The van der Waals surface area contributed by atoms with Crippen molar-refractivity contribution >= 4 is 21.4 Å². The lowest BCUT2D eigenvalue weighted by Crippen LogP contribution is -2.03. The highest BCUT2D eigenvalue weighted by atomic mass is 32.2. The van der Waals surface area contributed by atoms with E-state index in [0.717, 1.165) is 0 Å². The number of carbonyl (C=O) groups excluding carboxylic acids is 1. The summed E-state index contributed by atoms with van der Waals surface area (Å²) in [4.78, 5) is 16.1. The fourth-order valence-corrected chi connectivity index (χ4v) is 3.87. The number of rotatable bonds is 4. The summed E-state index contributed by atoms with van der Waals surface area (Å²) in [6, 6.07) is 17.5. The van der Waals surface area contributed by atoms with Gasteiger partial charge in [0.05, 0.1) is 40.1 Å². The lowest BCUT2D eigenvalue weighted by atomic mass is 10.1. The molecule has 3 rings (SSSR count). The van der Waals surface area contributed by atoms with Crippen LogP contribution in [0.4, 0.5) is 5.69 Å². The van der Waals surface area contributed by atoms with Crippen molar-refractivity contribution in [2.24, 2.45) is 4.36 Å². The monoisotopic (exact) mass is 420 g/mol. The Bertz CT molecular complexity index is 1250. The van der Waals surface area contributed by atoms with Crippen molar-refractivity contribution in [2.75, 3.05) is 20.5 Å². The molecule has 0 amide bonds. The Kier molecular flexibility index (Phi) is 6.50. The van der Waals surface area contributed by atoms with Gasteiger partial charge in [-0.05, 0) is 42.5 Å². The minimum absolute atomic E-state index is 0.211. The second-order valence-electron chi connectivity index (χ2n) is 6.26. The minimum atomic E-state index is -2.71. The smallest absolute Gasteiger partial charge is 0.356 e. The van der Waals surface area contributed by atoms with Crippen LogP contribution in [-0.2, 0) is 14.5 Å². The normalized spacial score (nSPS) is 12.1. The molecule has 0 saturated carbocycles. The van der Waals surface area contributed by atoms with Gasteiger partial charge in [0.15, 0.2) is 0 Å². The molecule has 1 aromatic heterocycles. The van der Waals surface area contributed by atoms with Crippen LogP contribution in [0.15, 0.2) is 76.1 Å². The lowest BCUT2D eigenvalue weighted by molar-refractivity contribution is 0.0594. The first-order chi connectivity index (χ1) is 14.4. The standard InChI is InChI=1S/C23H20N2O4S/c1-28-19-8-6-9-20(15-19)30(3,27)25-21-10-5-4-7-18(21)13-11-17-12-14-22(24-16-17)23(26)29-2/h4-10,12,14-16H,1-3H3. The summed E-state index contributed by atoms with van der Waals surface area (Å²) in [5.74, 6) is 6.14. The summed E-state index contributed by atoms with van der Waals surface area (Å²) in [5.41, 5.74) is 2.00. The zero-order valence-corrected chi connectivity index (χ0v) is 17.6. The molecule has 1 atom stereocenters. The molecule has 0 aliphatic heterocycles. The van der Waals surface area contributed by atoms with Gasteiger partial charge in [0.1, 0.15) is 11.4 Å². The fraction of sp³-hybridized carbons (Fsp3) is 0.130. The van der Waals surface area contributed by atoms with E-state index in [1.807, 2.05) is 18.2 Å². The van der Waals surface area contributed by atoms with Crippen molar-refractivity contribution in [3.63, 3.8) is 0 Å². The third-order valence-electron chi connectivity index (χ3n) is 4.15. The van der Waals surface area contributed by atoms with E-state index < -0.39 is 15.7 Å². The molecular weight excluding hydrogens is 400 g/mol. The number of carbonyl (C=O) groups is 1.